The first kappa shape index (κ1) is 11.4. The molecule has 1 aromatic carbocycles. The lowest BCUT2D eigenvalue weighted by Gasteiger charge is -2.13. The van der Waals surface area contributed by atoms with Gasteiger partial charge in [-0.1, -0.05) is 23.7 Å². The van der Waals surface area contributed by atoms with Crippen LogP contribution in [0.2, 0.25) is 5.02 Å². The second-order valence-corrected chi connectivity index (χ2v) is 3.50. The maximum atomic E-state index is 12.0. The Morgan fingerprint density at radius 1 is 1.21 bits per heavy atom. The molecule has 0 spiro atoms. The van der Waals surface area contributed by atoms with Gasteiger partial charge in [0.15, 0.2) is 0 Å². The fraction of sp³-hybridized carbons (Fsp3) is 0.300. The van der Waals surface area contributed by atoms with Crippen LogP contribution in [0, 0.1) is 6.92 Å². The molecule has 0 aromatic heterocycles. The Morgan fingerprint density at radius 2 is 1.71 bits per heavy atom. The number of hydrogen-bond donors (Lipinski definition) is 0. The molecule has 4 heteroatoms. The zero-order chi connectivity index (χ0) is 10.8. The minimum absolute atomic E-state index is 0.507. The van der Waals surface area contributed by atoms with Gasteiger partial charge in [-0.25, -0.2) is 0 Å². The van der Waals surface area contributed by atoms with Crippen LogP contribution < -0.4 is 0 Å². The summed E-state index contributed by atoms with van der Waals surface area (Å²) in [6.45, 7) is 3.46. The van der Waals surface area contributed by atoms with Crippen LogP contribution in [0.15, 0.2) is 24.3 Å². The molecule has 0 aliphatic carbocycles. The molecule has 1 atom stereocenters. The average Bonchev–Trinajstić information content (AvgIpc) is 2.02. The van der Waals surface area contributed by atoms with Crippen molar-refractivity contribution in [2.75, 3.05) is 0 Å². The Labute approximate surface area is 85.7 Å². The number of rotatable bonds is 2. The molecule has 1 aromatic rings. The van der Waals surface area contributed by atoms with Crippen molar-refractivity contribution in [3.63, 3.8) is 0 Å². The van der Waals surface area contributed by atoms with Crippen LogP contribution in [0.4, 0.5) is 13.2 Å². The van der Waals surface area contributed by atoms with E-state index in [1.807, 2.05) is 0 Å². The van der Waals surface area contributed by atoms with Gasteiger partial charge in [-0.3, -0.25) is 0 Å². The third-order valence-corrected chi connectivity index (χ3v) is 2.07. The van der Waals surface area contributed by atoms with Gasteiger partial charge in [0.25, 0.3) is 0 Å². The molecule has 0 N–H and O–H groups in total. The predicted octanol–water partition coefficient (Wildman–Crippen LogP) is 4.21. The normalized spacial score (nSPS) is 14.1. The SMILES string of the molecule is [CH2]C(CC(F)(F)F)c1ccc(Cl)cc1. The summed E-state index contributed by atoms with van der Waals surface area (Å²) in [6.07, 6.45) is -5.08. The minimum atomic E-state index is -4.17. The van der Waals surface area contributed by atoms with E-state index in [2.05, 4.69) is 6.92 Å². The number of alkyl halides is 3. The molecule has 0 aliphatic rings. The summed E-state index contributed by atoms with van der Waals surface area (Å²) in [5.74, 6) is -0.771. The van der Waals surface area contributed by atoms with E-state index in [4.69, 9.17) is 11.6 Å². The van der Waals surface area contributed by atoms with E-state index in [0.29, 0.717) is 10.6 Å². The summed E-state index contributed by atoms with van der Waals surface area (Å²) in [7, 11) is 0. The highest BCUT2D eigenvalue weighted by Crippen LogP contribution is 2.30. The van der Waals surface area contributed by atoms with Crippen molar-refractivity contribution in [2.24, 2.45) is 0 Å². The molecule has 0 amide bonds. The summed E-state index contributed by atoms with van der Waals surface area (Å²) in [5, 5.41) is 0.507. The van der Waals surface area contributed by atoms with Crippen LogP contribution in [0.25, 0.3) is 0 Å². The van der Waals surface area contributed by atoms with E-state index in [9.17, 15) is 13.2 Å². The van der Waals surface area contributed by atoms with Gasteiger partial charge in [0.2, 0.25) is 0 Å². The highest BCUT2D eigenvalue weighted by molar-refractivity contribution is 6.30. The van der Waals surface area contributed by atoms with Crippen LogP contribution >= 0.6 is 11.6 Å². The maximum absolute atomic E-state index is 12.0. The van der Waals surface area contributed by atoms with Crippen LogP contribution in [-0.2, 0) is 0 Å². The monoisotopic (exact) mass is 221 g/mol. The van der Waals surface area contributed by atoms with Gasteiger partial charge < -0.3 is 0 Å². The van der Waals surface area contributed by atoms with Crippen molar-refractivity contribution in [2.45, 2.75) is 18.5 Å². The van der Waals surface area contributed by atoms with Gasteiger partial charge in [0, 0.05) is 5.02 Å². The van der Waals surface area contributed by atoms with Crippen molar-refractivity contribution >= 4 is 11.6 Å². The number of hydrogen-bond acceptors (Lipinski definition) is 0. The first-order chi connectivity index (χ1) is 6.38. The van der Waals surface area contributed by atoms with Crippen molar-refractivity contribution < 1.29 is 13.2 Å². The summed E-state index contributed by atoms with van der Waals surface area (Å²) < 4.78 is 36.0. The minimum Gasteiger partial charge on any atom is -0.171 e. The topological polar surface area (TPSA) is 0 Å². The molecule has 0 saturated heterocycles. The zero-order valence-electron chi connectivity index (χ0n) is 7.31. The van der Waals surface area contributed by atoms with Gasteiger partial charge >= 0.3 is 6.18 Å². The fourth-order valence-corrected chi connectivity index (χ4v) is 1.26. The Morgan fingerprint density at radius 3 is 2.14 bits per heavy atom. The molecule has 14 heavy (non-hydrogen) atoms. The van der Waals surface area contributed by atoms with E-state index in [1.54, 1.807) is 24.3 Å². The first-order valence-corrected chi connectivity index (χ1v) is 4.41. The summed E-state index contributed by atoms with van der Waals surface area (Å²) in [5.41, 5.74) is 0.548. The number of benzene rings is 1. The highest BCUT2D eigenvalue weighted by atomic mass is 35.5. The Balaban J connectivity index is 2.70. The van der Waals surface area contributed by atoms with Crippen LogP contribution in [-0.4, -0.2) is 6.18 Å². The van der Waals surface area contributed by atoms with Crippen LogP contribution in [0.1, 0.15) is 17.9 Å². The molecule has 0 nitrogen and oxygen atoms in total. The van der Waals surface area contributed by atoms with Gasteiger partial charge in [-0.15, -0.1) is 0 Å². The van der Waals surface area contributed by atoms with E-state index in [-0.39, 0.29) is 0 Å². The molecule has 1 radical (unpaired) electrons. The highest BCUT2D eigenvalue weighted by Gasteiger charge is 2.30. The first-order valence-electron chi connectivity index (χ1n) is 4.04. The molecule has 0 fully saturated rings. The van der Waals surface area contributed by atoms with Crippen molar-refractivity contribution in [1.82, 2.24) is 0 Å². The van der Waals surface area contributed by atoms with Gasteiger partial charge in [0.05, 0.1) is 6.42 Å². The van der Waals surface area contributed by atoms with Gasteiger partial charge in [-0.2, -0.15) is 13.2 Å². The molecule has 1 unspecified atom stereocenters. The largest absolute Gasteiger partial charge is 0.389 e. The average molecular weight is 222 g/mol. The van der Waals surface area contributed by atoms with Gasteiger partial charge in [0.1, 0.15) is 0 Å². The van der Waals surface area contributed by atoms with Crippen molar-refractivity contribution in [3.8, 4) is 0 Å². The van der Waals surface area contributed by atoms with E-state index in [0.717, 1.165) is 0 Å². The summed E-state index contributed by atoms with van der Waals surface area (Å²) in [4.78, 5) is 0. The molecule has 0 bridgehead atoms. The van der Waals surface area contributed by atoms with E-state index < -0.39 is 18.5 Å². The molecular weight excluding hydrogens is 213 g/mol. The third kappa shape index (κ3) is 3.58. The van der Waals surface area contributed by atoms with Crippen molar-refractivity contribution in [3.05, 3.63) is 41.8 Å². The second kappa shape index (κ2) is 4.22. The lowest BCUT2D eigenvalue weighted by molar-refractivity contribution is -0.136. The smallest absolute Gasteiger partial charge is 0.171 e. The second-order valence-electron chi connectivity index (χ2n) is 3.07. The lowest BCUT2D eigenvalue weighted by Crippen LogP contribution is -2.11. The summed E-state index contributed by atoms with van der Waals surface area (Å²) >= 11 is 5.61. The molecule has 77 valence electrons. The van der Waals surface area contributed by atoms with Gasteiger partial charge in [-0.05, 0) is 30.5 Å². The molecular formula is C10H9ClF3. The van der Waals surface area contributed by atoms with Crippen LogP contribution in [0.3, 0.4) is 0 Å². The molecule has 0 saturated carbocycles. The molecule has 1 rings (SSSR count). The lowest BCUT2D eigenvalue weighted by atomic mass is 9.98. The standard InChI is InChI=1S/C10H9ClF3/c1-7(6-10(12,13)14)8-2-4-9(11)5-3-8/h2-5,7H,1,6H2. The quantitative estimate of drug-likeness (QED) is 0.702. The fourth-order valence-electron chi connectivity index (χ4n) is 1.13. The van der Waals surface area contributed by atoms with Crippen LogP contribution in [0.5, 0.6) is 0 Å². The number of halogens is 4. The third-order valence-electron chi connectivity index (χ3n) is 1.82. The predicted molar refractivity (Wildman–Crippen MR) is 50.2 cm³/mol. The van der Waals surface area contributed by atoms with Crippen molar-refractivity contribution in [1.29, 1.82) is 0 Å². The Bertz CT molecular complexity index is 289. The maximum Gasteiger partial charge on any atom is 0.389 e. The van der Waals surface area contributed by atoms with E-state index in [1.165, 1.54) is 0 Å². The molecule has 0 aliphatic heterocycles. The molecule has 0 heterocycles. The van der Waals surface area contributed by atoms with E-state index >= 15 is 0 Å². The Kier molecular flexibility index (Phi) is 3.43. The summed E-state index contributed by atoms with van der Waals surface area (Å²) in [6, 6.07) is 6.24. The zero-order valence-corrected chi connectivity index (χ0v) is 8.07. The Hall–Kier alpha value is -0.700.